The summed E-state index contributed by atoms with van der Waals surface area (Å²) in [6.07, 6.45) is -0.0207. The number of hydrogen-bond acceptors (Lipinski definition) is 4. The molecule has 1 unspecified atom stereocenters. The van der Waals surface area contributed by atoms with Gasteiger partial charge in [0.15, 0.2) is 0 Å². The van der Waals surface area contributed by atoms with Crippen molar-refractivity contribution in [1.29, 1.82) is 0 Å². The standard InChI is InChI=1S/C11H20N2O5/c1-2-3-12(4-5-14)11(18)13-7-8(15)6-9(13)10(16)17/h8-9,14-15H,2-7H2,1H3,(H,16,17)/t8?,9-/m0/s1. The van der Waals surface area contributed by atoms with Gasteiger partial charge >= 0.3 is 12.0 Å². The lowest BCUT2D eigenvalue weighted by Crippen LogP contribution is -2.49. The summed E-state index contributed by atoms with van der Waals surface area (Å²) < 4.78 is 0. The average molecular weight is 260 g/mol. The number of aliphatic hydroxyl groups is 2. The summed E-state index contributed by atoms with van der Waals surface area (Å²) in [5.74, 6) is -1.11. The predicted molar refractivity (Wildman–Crippen MR) is 63.1 cm³/mol. The van der Waals surface area contributed by atoms with E-state index < -0.39 is 24.1 Å². The summed E-state index contributed by atoms with van der Waals surface area (Å²) in [6.45, 7) is 2.39. The first-order valence-corrected chi connectivity index (χ1v) is 6.08. The molecule has 1 saturated heterocycles. The molecule has 0 saturated carbocycles. The molecule has 0 aromatic heterocycles. The van der Waals surface area contributed by atoms with Crippen LogP contribution >= 0.6 is 0 Å². The molecule has 0 radical (unpaired) electrons. The number of amides is 2. The Morgan fingerprint density at radius 2 is 2.06 bits per heavy atom. The number of β-amino-alcohol motifs (C(OH)–C–C–N with tert-alkyl or cyclic N) is 1. The summed E-state index contributed by atoms with van der Waals surface area (Å²) in [5, 5.41) is 27.4. The molecule has 1 aliphatic rings. The van der Waals surface area contributed by atoms with Gasteiger partial charge in [-0.2, -0.15) is 0 Å². The molecule has 0 bridgehead atoms. The van der Waals surface area contributed by atoms with Gasteiger partial charge in [0, 0.05) is 26.1 Å². The lowest BCUT2D eigenvalue weighted by Gasteiger charge is -2.29. The largest absolute Gasteiger partial charge is 0.480 e. The lowest BCUT2D eigenvalue weighted by molar-refractivity contribution is -0.141. The van der Waals surface area contributed by atoms with Crippen molar-refractivity contribution in [2.45, 2.75) is 31.9 Å². The van der Waals surface area contributed by atoms with Gasteiger partial charge in [-0.3, -0.25) is 0 Å². The van der Waals surface area contributed by atoms with Crippen LogP contribution in [0.1, 0.15) is 19.8 Å². The van der Waals surface area contributed by atoms with Crippen LogP contribution in [0.5, 0.6) is 0 Å². The highest BCUT2D eigenvalue weighted by atomic mass is 16.4. The predicted octanol–water partition coefficient (Wildman–Crippen LogP) is -0.669. The molecular formula is C11H20N2O5. The monoisotopic (exact) mass is 260 g/mol. The van der Waals surface area contributed by atoms with Crippen LogP contribution in [-0.4, -0.2) is 75.5 Å². The smallest absolute Gasteiger partial charge is 0.326 e. The first-order valence-electron chi connectivity index (χ1n) is 6.08. The molecule has 1 rings (SSSR count). The molecule has 1 aliphatic heterocycles. The summed E-state index contributed by atoms with van der Waals surface area (Å²) in [7, 11) is 0. The molecule has 1 fully saturated rings. The van der Waals surface area contributed by atoms with E-state index in [2.05, 4.69) is 0 Å². The molecule has 0 aliphatic carbocycles. The molecule has 0 aromatic carbocycles. The molecule has 3 N–H and O–H groups in total. The van der Waals surface area contributed by atoms with Crippen molar-refractivity contribution < 1.29 is 24.9 Å². The molecule has 18 heavy (non-hydrogen) atoms. The van der Waals surface area contributed by atoms with Gasteiger partial charge in [0.1, 0.15) is 6.04 Å². The number of urea groups is 1. The normalized spacial score (nSPS) is 23.2. The number of hydrogen-bond donors (Lipinski definition) is 3. The zero-order valence-corrected chi connectivity index (χ0v) is 10.4. The summed E-state index contributed by atoms with van der Waals surface area (Å²) in [4.78, 5) is 25.8. The SMILES string of the molecule is CCCN(CCO)C(=O)N1CC(O)C[C@H]1C(=O)O. The van der Waals surface area contributed by atoms with Gasteiger partial charge in [0.25, 0.3) is 0 Å². The number of rotatable bonds is 5. The highest BCUT2D eigenvalue weighted by molar-refractivity contribution is 5.83. The zero-order chi connectivity index (χ0) is 13.7. The van der Waals surface area contributed by atoms with Crippen LogP contribution in [0.3, 0.4) is 0 Å². The number of aliphatic carboxylic acids is 1. The zero-order valence-electron chi connectivity index (χ0n) is 10.4. The highest BCUT2D eigenvalue weighted by Crippen LogP contribution is 2.20. The van der Waals surface area contributed by atoms with Crippen LogP contribution in [0.2, 0.25) is 0 Å². The van der Waals surface area contributed by atoms with E-state index >= 15 is 0 Å². The number of carboxylic acid groups (broad SMARTS) is 1. The van der Waals surface area contributed by atoms with Crippen LogP contribution in [0, 0.1) is 0 Å². The Bertz CT molecular complexity index is 304. The third-order valence-corrected chi connectivity index (χ3v) is 2.94. The van der Waals surface area contributed by atoms with Gasteiger partial charge in [-0.1, -0.05) is 6.92 Å². The van der Waals surface area contributed by atoms with Crippen molar-refractivity contribution in [2.75, 3.05) is 26.2 Å². The number of aliphatic hydroxyl groups excluding tert-OH is 2. The minimum atomic E-state index is -1.11. The van der Waals surface area contributed by atoms with Gasteiger partial charge in [0.05, 0.1) is 12.7 Å². The third-order valence-electron chi connectivity index (χ3n) is 2.94. The number of likely N-dealkylation sites (tertiary alicyclic amines) is 1. The van der Waals surface area contributed by atoms with Gasteiger partial charge < -0.3 is 25.1 Å². The summed E-state index contributed by atoms with van der Waals surface area (Å²) in [5.41, 5.74) is 0. The van der Waals surface area contributed by atoms with E-state index in [1.54, 1.807) is 0 Å². The molecule has 0 spiro atoms. The molecule has 0 aromatic rings. The molecule has 7 heteroatoms. The fourth-order valence-corrected chi connectivity index (χ4v) is 2.13. The van der Waals surface area contributed by atoms with Crippen LogP contribution in [0.25, 0.3) is 0 Å². The van der Waals surface area contributed by atoms with Gasteiger partial charge in [0.2, 0.25) is 0 Å². The van der Waals surface area contributed by atoms with Gasteiger partial charge in [-0.25, -0.2) is 9.59 Å². The fraction of sp³-hybridized carbons (Fsp3) is 0.818. The van der Waals surface area contributed by atoms with Crippen LogP contribution in [0.15, 0.2) is 0 Å². The lowest BCUT2D eigenvalue weighted by atomic mass is 10.2. The molecule has 1 heterocycles. The van der Waals surface area contributed by atoms with Crippen molar-refractivity contribution in [1.82, 2.24) is 9.80 Å². The van der Waals surface area contributed by atoms with Crippen LogP contribution < -0.4 is 0 Å². The number of nitrogens with zero attached hydrogens (tertiary/aromatic N) is 2. The average Bonchev–Trinajstić information content (AvgIpc) is 2.70. The first kappa shape index (κ1) is 14.7. The Morgan fingerprint density at radius 3 is 2.56 bits per heavy atom. The minimum absolute atomic E-state index is 0.0292. The second-order valence-electron chi connectivity index (χ2n) is 4.39. The maximum Gasteiger partial charge on any atom is 0.326 e. The number of carbonyl (C=O) groups is 2. The Hall–Kier alpha value is -1.34. The van der Waals surface area contributed by atoms with E-state index in [9.17, 15) is 14.7 Å². The molecule has 2 amide bonds. The number of carbonyl (C=O) groups excluding carboxylic acids is 1. The molecule has 104 valence electrons. The summed E-state index contributed by atoms with van der Waals surface area (Å²) in [6, 6.07) is -1.42. The van der Waals surface area contributed by atoms with E-state index in [0.717, 1.165) is 6.42 Å². The fourth-order valence-electron chi connectivity index (χ4n) is 2.13. The third kappa shape index (κ3) is 3.33. The van der Waals surface area contributed by atoms with E-state index in [4.69, 9.17) is 10.2 Å². The van der Waals surface area contributed by atoms with Crippen molar-refractivity contribution in [3.05, 3.63) is 0 Å². The van der Waals surface area contributed by atoms with E-state index in [1.807, 2.05) is 6.92 Å². The molecule has 2 atom stereocenters. The van der Waals surface area contributed by atoms with Crippen molar-refractivity contribution >= 4 is 12.0 Å². The minimum Gasteiger partial charge on any atom is -0.480 e. The molecular weight excluding hydrogens is 240 g/mol. The Balaban J connectivity index is 2.76. The van der Waals surface area contributed by atoms with E-state index in [-0.39, 0.29) is 26.1 Å². The van der Waals surface area contributed by atoms with E-state index in [0.29, 0.717) is 6.54 Å². The van der Waals surface area contributed by atoms with Crippen LogP contribution in [-0.2, 0) is 4.79 Å². The Morgan fingerprint density at radius 1 is 1.39 bits per heavy atom. The van der Waals surface area contributed by atoms with E-state index in [1.165, 1.54) is 9.80 Å². The number of carboxylic acids is 1. The van der Waals surface area contributed by atoms with Gasteiger partial charge in [-0.15, -0.1) is 0 Å². The van der Waals surface area contributed by atoms with Crippen molar-refractivity contribution in [2.24, 2.45) is 0 Å². The summed E-state index contributed by atoms with van der Waals surface area (Å²) >= 11 is 0. The Labute approximate surface area is 106 Å². The topological polar surface area (TPSA) is 101 Å². The second kappa shape index (κ2) is 6.55. The van der Waals surface area contributed by atoms with Crippen molar-refractivity contribution in [3.63, 3.8) is 0 Å². The first-order chi connectivity index (χ1) is 8.51. The van der Waals surface area contributed by atoms with Gasteiger partial charge in [-0.05, 0) is 6.42 Å². The Kier molecular flexibility index (Phi) is 5.36. The maximum absolute atomic E-state index is 12.2. The quantitative estimate of drug-likeness (QED) is 0.608. The highest BCUT2D eigenvalue weighted by Gasteiger charge is 2.40. The maximum atomic E-state index is 12.2. The molecule has 7 nitrogen and oxygen atoms in total. The second-order valence-corrected chi connectivity index (χ2v) is 4.39. The van der Waals surface area contributed by atoms with Crippen LogP contribution in [0.4, 0.5) is 4.79 Å². The van der Waals surface area contributed by atoms with Crippen molar-refractivity contribution in [3.8, 4) is 0 Å².